The summed E-state index contributed by atoms with van der Waals surface area (Å²) in [6.45, 7) is 5.68. The zero-order valence-corrected chi connectivity index (χ0v) is 15.1. The zero-order valence-electron chi connectivity index (χ0n) is 14.3. The summed E-state index contributed by atoms with van der Waals surface area (Å²) in [6, 6.07) is 5.58. The number of nitrogens with two attached hydrogens (primary N) is 1. The fourth-order valence-electron chi connectivity index (χ4n) is 2.88. The van der Waals surface area contributed by atoms with Crippen LogP contribution in [0.25, 0.3) is 11.3 Å². The van der Waals surface area contributed by atoms with Gasteiger partial charge in [-0.25, -0.2) is 10.8 Å². The van der Waals surface area contributed by atoms with Crippen LogP contribution in [-0.4, -0.2) is 29.4 Å². The Bertz CT molecular complexity index is 833. The predicted molar refractivity (Wildman–Crippen MR) is 96.4 cm³/mol. The van der Waals surface area contributed by atoms with Crippen molar-refractivity contribution in [2.24, 2.45) is 5.84 Å². The van der Waals surface area contributed by atoms with Gasteiger partial charge in [0, 0.05) is 10.4 Å². The minimum absolute atomic E-state index is 0.152. The van der Waals surface area contributed by atoms with Gasteiger partial charge in [-0.05, 0) is 38.5 Å². The Hall–Kier alpha value is -2.45. The van der Waals surface area contributed by atoms with E-state index in [1.807, 2.05) is 39.0 Å². The molecule has 1 unspecified atom stereocenters. The number of nitrogens with one attached hydrogen (secondary N) is 1. The molecule has 0 fully saturated rings. The quantitative estimate of drug-likeness (QED) is 0.493. The molecule has 0 radical (unpaired) electrons. The van der Waals surface area contributed by atoms with Crippen molar-refractivity contribution in [2.45, 2.75) is 33.3 Å². The lowest BCUT2D eigenvalue weighted by Gasteiger charge is -2.33. The highest BCUT2D eigenvalue weighted by Crippen LogP contribution is 2.39. The number of anilines is 1. The number of hydrogen-bond donors (Lipinski definition) is 2. The molecular weight excluding hydrogens is 340 g/mol. The number of nitrogens with zero attached hydrogens (tertiary/aromatic N) is 2. The Labute approximate surface area is 149 Å². The summed E-state index contributed by atoms with van der Waals surface area (Å²) in [4.78, 5) is 31.5. The molecule has 2 heterocycles. The first-order valence-electron chi connectivity index (χ1n) is 8.00. The number of rotatable bonds is 4. The Morgan fingerprint density at radius 2 is 2.20 bits per heavy atom. The molecule has 1 atom stereocenters. The lowest BCUT2D eigenvalue weighted by Crippen LogP contribution is -2.50. The fraction of sp³-hybridized carbons (Fsp3) is 0.353. The number of ether oxygens (including phenoxy) is 1. The van der Waals surface area contributed by atoms with E-state index in [9.17, 15) is 9.59 Å². The second kappa shape index (κ2) is 6.81. The minimum atomic E-state index is -0.604. The molecule has 0 saturated heterocycles. The van der Waals surface area contributed by atoms with Crippen LogP contribution in [0.4, 0.5) is 5.69 Å². The number of hydrogen-bond acceptors (Lipinski definition) is 6. The first kappa shape index (κ1) is 17.4. The molecule has 1 aliphatic heterocycles. The first-order chi connectivity index (χ1) is 11.9. The minimum Gasteiger partial charge on any atom is -0.478 e. The van der Waals surface area contributed by atoms with E-state index in [2.05, 4.69) is 10.4 Å². The molecule has 1 aromatic carbocycles. The Morgan fingerprint density at radius 1 is 1.44 bits per heavy atom. The van der Waals surface area contributed by atoms with Crippen molar-refractivity contribution in [3.63, 3.8) is 0 Å². The Balaban J connectivity index is 2.07. The molecule has 2 amide bonds. The van der Waals surface area contributed by atoms with E-state index >= 15 is 0 Å². The van der Waals surface area contributed by atoms with Crippen LogP contribution in [0.15, 0.2) is 18.2 Å². The third kappa shape index (κ3) is 3.22. The summed E-state index contributed by atoms with van der Waals surface area (Å²) in [7, 11) is 0. The van der Waals surface area contributed by atoms with Crippen LogP contribution in [-0.2, 0) is 9.59 Å². The predicted octanol–water partition coefficient (Wildman–Crippen LogP) is 1.92. The average molecular weight is 360 g/mol. The standard InChI is InChI=1S/C17H20N4O3S/c1-4-13-17(23)21(8-15(22)20-18)12-7-11(5-6-14(12)24-13)16-9(2)25-10(3)19-16/h5-7,13H,4,8,18H2,1-3H3,(H,20,22). The highest BCUT2D eigenvalue weighted by molar-refractivity contribution is 7.11. The molecule has 3 N–H and O–H groups in total. The Kier molecular flexibility index (Phi) is 4.73. The van der Waals surface area contributed by atoms with Crippen LogP contribution >= 0.6 is 11.3 Å². The van der Waals surface area contributed by atoms with Crippen LogP contribution in [0, 0.1) is 13.8 Å². The van der Waals surface area contributed by atoms with Gasteiger partial charge in [-0.2, -0.15) is 0 Å². The molecule has 132 valence electrons. The van der Waals surface area contributed by atoms with E-state index in [1.54, 1.807) is 11.3 Å². The summed E-state index contributed by atoms with van der Waals surface area (Å²) in [6.07, 6.45) is -0.0855. The highest BCUT2D eigenvalue weighted by Gasteiger charge is 2.34. The molecule has 1 aromatic heterocycles. The van der Waals surface area contributed by atoms with E-state index in [0.717, 1.165) is 21.1 Å². The number of amides is 2. The second-order valence-corrected chi connectivity index (χ2v) is 7.23. The van der Waals surface area contributed by atoms with Crippen LogP contribution in [0.1, 0.15) is 23.2 Å². The molecule has 25 heavy (non-hydrogen) atoms. The van der Waals surface area contributed by atoms with Gasteiger partial charge in [-0.3, -0.25) is 19.9 Å². The monoisotopic (exact) mass is 360 g/mol. The number of aromatic nitrogens is 1. The van der Waals surface area contributed by atoms with Gasteiger partial charge < -0.3 is 4.74 Å². The first-order valence-corrected chi connectivity index (χ1v) is 8.82. The largest absolute Gasteiger partial charge is 0.478 e. The van der Waals surface area contributed by atoms with Gasteiger partial charge in [0.1, 0.15) is 12.3 Å². The molecule has 0 saturated carbocycles. The Morgan fingerprint density at radius 3 is 2.80 bits per heavy atom. The van der Waals surface area contributed by atoms with Crippen molar-refractivity contribution in [1.82, 2.24) is 10.4 Å². The summed E-state index contributed by atoms with van der Waals surface area (Å²) in [5.41, 5.74) is 4.38. The van der Waals surface area contributed by atoms with Crippen LogP contribution < -0.4 is 20.9 Å². The average Bonchev–Trinajstić information content (AvgIpc) is 2.94. The third-order valence-electron chi connectivity index (χ3n) is 4.07. The molecule has 1 aliphatic rings. The molecular formula is C17H20N4O3S. The second-order valence-electron chi connectivity index (χ2n) is 5.83. The van der Waals surface area contributed by atoms with Crippen LogP contribution in [0.3, 0.4) is 0 Å². The number of fused-ring (bicyclic) bond motifs is 1. The molecule has 3 rings (SSSR count). The molecule has 7 nitrogen and oxygen atoms in total. The maximum absolute atomic E-state index is 12.7. The van der Waals surface area contributed by atoms with E-state index < -0.39 is 12.0 Å². The van der Waals surface area contributed by atoms with E-state index in [0.29, 0.717) is 17.9 Å². The van der Waals surface area contributed by atoms with Crippen molar-refractivity contribution in [1.29, 1.82) is 0 Å². The van der Waals surface area contributed by atoms with E-state index in [-0.39, 0.29) is 12.5 Å². The molecule has 0 aliphatic carbocycles. The number of benzene rings is 1. The lowest BCUT2D eigenvalue weighted by atomic mass is 10.1. The molecule has 0 bridgehead atoms. The maximum atomic E-state index is 12.7. The molecule has 2 aromatic rings. The van der Waals surface area contributed by atoms with Crippen molar-refractivity contribution in [3.05, 3.63) is 28.1 Å². The van der Waals surface area contributed by atoms with Crippen molar-refractivity contribution >= 4 is 28.8 Å². The van der Waals surface area contributed by atoms with E-state index in [1.165, 1.54) is 4.90 Å². The number of carbonyl (C=O) groups excluding carboxylic acids is 2. The molecule has 0 spiro atoms. The van der Waals surface area contributed by atoms with Gasteiger partial charge in [0.15, 0.2) is 6.10 Å². The number of aryl methyl sites for hydroxylation is 2. The zero-order chi connectivity index (χ0) is 18.1. The van der Waals surface area contributed by atoms with Gasteiger partial charge in [0.05, 0.1) is 16.4 Å². The van der Waals surface area contributed by atoms with Gasteiger partial charge >= 0.3 is 0 Å². The SMILES string of the molecule is CCC1Oc2ccc(-c3nc(C)sc3C)cc2N(CC(=O)NN)C1=O. The third-order valence-corrected chi connectivity index (χ3v) is 4.96. The number of hydrazine groups is 1. The van der Waals surface area contributed by atoms with Gasteiger partial charge in [0.2, 0.25) is 0 Å². The van der Waals surface area contributed by atoms with Crippen LogP contribution in [0.2, 0.25) is 0 Å². The normalized spacial score (nSPS) is 16.4. The van der Waals surface area contributed by atoms with Crippen molar-refractivity contribution < 1.29 is 14.3 Å². The fourth-order valence-corrected chi connectivity index (χ4v) is 3.72. The summed E-state index contributed by atoms with van der Waals surface area (Å²) < 4.78 is 5.79. The van der Waals surface area contributed by atoms with Gasteiger partial charge in [0.25, 0.3) is 11.8 Å². The summed E-state index contributed by atoms with van der Waals surface area (Å²) in [5, 5.41) is 0.975. The molecule has 8 heteroatoms. The van der Waals surface area contributed by atoms with Crippen molar-refractivity contribution in [3.8, 4) is 17.0 Å². The number of carbonyl (C=O) groups is 2. The lowest BCUT2D eigenvalue weighted by molar-refractivity contribution is -0.129. The topological polar surface area (TPSA) is 97.6 Å². The smallest absolute Gasteiger partial charge is 0.268 e. The number of thiazole rings is 1. The van der Waals surface area contributed by atoms with Gasteiger partial charge in [-0.15, -0.1) is 11.3 Å². The van der Waals surface area contributed by atoms with Crippen LogP contribution in [0.5, 0.6) is 5.75 Å². The van der Waals surface area contributed by atoms with Crippen molar-refractivity contribution in [2.75, 3.05) is 11.4 Å². The highest BCUT2D eigenvalue weighted by atomic mass is 32.1. The maximum Gasteiger partial charge on any atom is 0.268 e. The summed E-state index contributed by atoms with van der Waals surface area (Å²) >= 11 is 1.62. The summed E-state index contributed by atoms with van der Waals surface area (Å²) in [5.74, 6) is 5.07. The van der Waals surface area contributed by atoms with Gasteiger partial charge in [-0.1, -0.05) is 6.92 Å². The van der Waals surface area contributed by atoms with E-state index in [4.69, 9.17) is 10.6 Å².